The SMILES string of the molecule is COC(=O)Nc1nc2c(s1)-c1c(c(-c3cccnc3)nn1-c1ccc(CN3CCOCC3)cc1)CC2. The topological polar surface area (TPSA) is 94.4 Å². The molecule has 184 valence electrons. The first-order valence-electron chi connectivity index (χ1n) is 12.0. The van der Waals surface area contributed by atoms with Gasteiger partial charge in [0.05, 0.1) is 48.0 Å². The molecule has 0 unspecified atom stereocenters. The van der Waals surface area contributed by atoms with Crippen molar-refractivity contribution in [3.63, 3.8) is 0 Å². The maximum absolute atomic E-state index is 11.8. The van der Waals surface area contributed by atoms with Gasteiger partial charge in [-0.2, -0.15) is 5.10 Å². The highest BCUT2D eigenvalue weighted by Crippen LogP contribution is 2.44. The second-order valence-corrected chi connectivity index (χ2v) is 9.79. The maximum Gasteiger partial charge on any atom is 0.413 e. The van der Waals surface area contributed by atoms with Gasteiger partial charge in [0.2, 0.25) is 0 Å². The molecule has 1 aromatic carbocycles. The van der Waals surface area contributed by atoms with Crippen LogP contribution in [0.3, 0.4) is 0 Å². The van der Waals surface area contributed by atoms with E-state index >= 15 is 0 Å². The molecule has 2 aliphatic rings. The van der Waals surface area contributed by atoms with Crippen molar-refractivity contribution in [2.24, 2.45) is 0 Å². The van der Waals surface area contributed by atoms with E-state index in [-0.39, 0.29) is 0 Å². The fraction of sp³-hybridized carbons (Fsp3) is 0.308. The number of nitrogens with zero attached hydrogens (tertiary/aromatic N) is 5. The van der Waals surface area contributed by atoms with Gasteiger partial charge < -0.3 is 9.47 Å². The van der Waals surface area contributed by atoms with Crippen LogP contribution in [0.1, 0.15) is 16.8 Å². The molecule has 1 saturated heterocycles. The second kappa shape index (κ2) is 9.81. The second-order valence-electron chi connectivity index (χ2n) is 8.80. The molecule has 1 aliphatic carbocycles. The third kappa shape index (κ3) is 4.39. The van der Waals surface area contributed by atoms with Crippen LogP contribution in [0.15, 0.2) is 48.8 Å². The zero-order chi connectivity index (χ0) is 24.5. The maximum atomic E-state index is 11.8. The number of carbonyl (C=O) groups is 1. The van der Waals surface area contributed by atoms with Crippen LogP contribution >= 0.6 is 11.3 Å². The largest absolute Gasteiger partial charge is 0.453 e. The predicted molar refractivity (Wildman–Crippen MR) is 137 cm³/mol. The number of amides is 1. The Labute approximate surface area is 212 Å². The first-order chi connectivity index (χ1) is 17.7. The number of aromatic nitrogens is 4. The Morgan fingerprint density at radius 3 is 2.75 bits per heavy atom. The summed E-state index contributed by atoms with van der Waals surface area (Å²) >= 11 is 1.45. The first kappa shape index (κ1) is 22.8. The zero-order valence-electron chi connectivity index (χ0n) is 19.9. The van der Waals surface area contributed by atoms with Gasteiger partial charge in [-0.1, -0.05) is 23.5 Å². The van der Waals surface area contributed by atoms with E-state index in [9.17, 15) is 4.79 Å². The Hall–Kier alpha value is -3.60. The number of pyridine rings is 1. The van der Waals surface area contributed by atoms with Crippen molar-refractivity contribution < 1.29 is 14.3 Å². The van der Waals surface area contributed by atoms with Gasteiger partial charge in [0.15, 0.2) is 5.13 Å². The summed E-state index contributed by atoms with van der Waals surface area (Å²) < 4.78 is 12.2. The van der Waals surface area contributed by atoms with Gasteiger partial charge in [0, 0.05) is 43.2 Å². The van der Waals surface area contributed by atoms with Crippen molar-refractivity contribution in [2.75, 3.05) is 38.7 Å². The fourth-order valence-electron chi connectivity index (χ4n) is 4.74. The number of nitrogens with one attached hydrogen (secondary N) is 1. The Kier molecular flexibility index (Phi) is 6.22. The molecule has 0 atom stereocenters. The Morgan fingerprint density at radius 1 is 1.17 bits per heavy atom. The van der Waals surface area contributed by atoms with Crippen molar-refractivity contribution in [3.8, 4) is 27.5 Å². The lowest BCUT2D eigenvalue weighted by Gasteiger charge is -2.26. The molecule has 1 aliphatic heterocycles. The van der Waals surface area contributed by atoms with Crippen molar-refractivity contribution >= 4 is 22.6 Å². The van der Waals surface area contributed by atoms with Crippen molar-refractivity contribution in [2.45, 2.75) is 19.4 Å². The summed E-state index contributed by atoms with van der Waals surface area (Å²) in [6.07, 6.45) is 4.68. The molecule has 1 N–H and O–H groups in total. The number of rotatable bonds is 5. The van der Waals surface area contributed by atoms with Crippen LogP contribution in [0.5, 0.6) is 0 Å². The smallest absolute Gasteiger partial charge is 0.413 e. The number of ether oxygens (including phenoxy) is 2. The summed E-state index contributed by atoms with van der Waals surface area (Å²) in [4.78, 5) is 24.2. The Balaban J connectivity index is 1.40. The quantitative estimate of drug-likeness (QED) is 0.438. The van der Waals surface area contributed by atoms with Crippen LogP contribution in [0, 0.1) is 0 Å². The number of anilines is 1. The molecule has 0 radical (unpaired) electrons. The van der Waals surface area contributed by atoms with Crippen molar-refractivity contribution in [3.05, 3.63) is 65.6 Å². The van der Waals surface area contributed by atoms with Gasteiger partial charge in [-0.15, -0.1) is 0 Å². The van der Waals surface area contributed by atoms with Crippen LogP contribution in [-0.4, -0.2) is 64.2 Å². The Morgan fingerprint density at radius 2 is 2.00 bits per heavy atom. The van der Waals surface area contributed by atoms with E-state index in [0.29, 0.717) is 5.13 Å². The van der Waals surface area contributed by atoms with Crippen LogP contribution in [-0.2, 0) is 28.9 Å². The summed E-state index contributed by atoms with van der Waals surface area (Å²) in [6.45, 7) is 4.40. The minimum absolute atomic E-state index is 0.524. The molecule has 0 spiro atoms. The monoisotopic (exact) mass is 502 g/mol. The lowest BCUT2D eigenvalue weighted by atomic mass is 9.95. The molecule has 10 heteroatoms. The van der Waals surface area contributed by atoms with Gasteiger partial charge in [-0.05, 0) is 42.7 Å². The van der Waals surface area contributed by atoms with Gasteiger partial charge >= 0.3 is 6.09 Å². The molecular weight excluding hydrogens is 476 g/mol. The number of benzene rings is 1. The van der Waals surface area contributed by atoms with E-state index in [1.54, 1.807) is 6.20 Å². The number of thiazole rings is 1. The minimum atomic E-state index is -0.526. The highest BCUT2D eigenvalue weighted by molar-refractivity contribution is 7.19. The van der Waals surface area contributed by atoms with Gasteiger partial charge in [-0.3, -0.25) is 15.2 Å². The zero-order valence-corrected chi connectivity index (χ0v) is 20.8. The number of hydrogen-bond acceptors (Lipinski definition) is 8. The summed E-state index contributed by atoms with van der Waals surface area (Å²) in [5.74, 6) is 0. The number of aryl methyl sites for hydroxylation is 1. The summed E-state index contributed by atoms with van der Waals surface area (Å²) in [5.41, 5.74) is 7.30. The summed E-state index contributed by atoms with van der Waals surface area (Å²) in [5, 5.41) is 8.32. The van der Waals surface area contributed by atoms with Gasteiger partial charge in [0.25, 0.3) is 0 Å². The van der Waals surface area contributed by atoms with Crippen molar-refractivity contribution in [1.82, 2.24) is 24.6 Å². The van der Waals surface area contributed by atoms with Crippen LogP contribution in [0.4, 0.5) is 9.93 Å². The van der Waals surface area contributed by atoms with E-state index in [1.807, 2.05) is 23.0 Å². The highest BCUT2D eigenvalue weighted by atomic mass is 32.1. The van der Waals surface area contributed by atoms with E-state index in [0.717, 1.165) is 78.9 Å². The molecule has 9 nitrogen and oxygen atoms in total. The standard InChI is InChI=1S/C26H26N6O3S/c1-34-26(33)29-25-28-21-9-8-20-22(18-3-2-10-27-15-18)30-32(23(20)24(21)36-25)19-6-4-17(5-7-19)16-31-11-13-35-14-12-31/h2-7,10,15H,8-9,11-14,16H2,1H3,(H,28,29,33). The van der Waals surface area contributed by atoms with E-state index < -0.39 is 6.09 Å². The number of fused-ring (bicyclic) bond motifs is 3. The molecular formula is C26H26N6O3S. The number of morpholine rings is 1. The lowest BCUT2D eigenvalue weighted by molar-refractivity contribution is 0.0342. The molecule has 1 fully saturated rings. The molecule has 36 heavy (non-hydrogen) atoms. The molecule has 4 heterocycles. The lowest BCUT2D eigenvalue weighted by Crippen LogP contribution is -2.35. The van der Waals surface area contributed by atoms with Gasteiger partial charge in [0.1, 0.15) is 0 Å². The average molecular weight is 503 g/mol. The molecule has 4 aromatic rings. The third-order valence-electron chi connectivity index (χ3n) is 6.53. The molecule has 3 aromatic heterocycles. The minimum Gasteiger partial charge on any atom is -0.453 e. The van der Waals surface area contributed by atoms with Crippen LogP contribution < -0.4 is 5.32 Å². The van der Waals surface area contributed by atoms with E-state index in [4.69, 9.17) is 14.6 Å². The first-order valence-corrected chi connectivity index (χ1v) is 12.8. The van der Waals surface area contributed by atoms with E-state index in [1.165, 1.54) is 29.6 Å². The average Bonchev–Trinajstić information content (AvgIpc) is 3.51. The van der Waals surface area contributed by atoms with Crippen LogP contribution in [0.25, 0.3) is 27.5 Å². The molecule has 6 rings (SSSR count). The highest BCUT2D eigenvalue weighted by Gasteiger charge is 2.30. The fourth-order valence-corrected chi connectivity index (χ4v) is 5.80. The van der Waals surface area contributed by atoms with E-state index in [2.05, 4.69) is 44.5 Å². The third-order valence-corrected chi connectivity index (χ3v) is 7.55. The number of hydrogen-bond donors (Lipinski definition) is 1. The number of carbonyl (C=O) groups excluding carboxylic acids is 1. The summed E-state index contributed by atoms with van der Waals surface area (Å²) in [7, 11) is 1.35. The van der Waals surface area contributed by atoms with Gasteiger partial charge in [-0.25, -0.2) is 14.5 Å². The molecule has 0 saturated carbocycles. The normalized spacial score (nSPS) is 15.2. The number of methoxy groups -OCH3 is 1. The molecule has 0 bridgehead atoms. The van der Waals surface area contributed by atoms with Crippen molar-refractivity contribution in [1.29, 1.82) is 0 Å². The summed E-state index contributed by atoms with van der Waals surface area (Å²) in [6, 6.07) is 12.6. The Bertz CT molecular complexity index is 1380. The molecule has 1 amide bonds. The van der Waals surface area contributed by atoms with Crippen LogP contribution in [0.2, 0.25) is 0 Å². The predicted octanol–water partition coefficient (Wildman–Crippen LogP) is 4.17.